The SMILES string of the molecule is CC(C)CN(C)C(=N)C(C)C. The second-order valence-electron chi connectivity index (χ2n) is 3.81. The summed E-state index contributed by atoms with van der Waals surface area (Å²) in [5.41, 5.74) is 0. The molecular formula is C9H20N2. The maximum absolute atomic E-state index is 7.67. The van der Waals surface area contributed by atoms with Crippen molar-refractivity contribution in [2.24, 2.45) is 11.8 Å². The third-order valence-electron chi connectivity index (χ3n) is 1.60. The fraction of sp³-hybridized carbons (Fsp3) is 0.889. The Labute approximate surface area is 70.1 Å². The molecule has 1 N–H and O–H groups in total. The third kappa shape index (κ3) is 4.02. The van der Waals surface area contributed by atoms with E-state index in [0.29, 0.717) is 11.8 Å². The van der Waals surface area contributed by atoms with Gasteiger partial charge in [-0.25, -0.2) is 0 Å². The van der Waals surface area contributed by atoms with Crippen molar-refractivity contribution < 1.29 is 0 Å². The van der Waals surface area contributed by atoms with Gasteiger partial charge in [-0.2, -0.15) is 0 Å². The number of nitrogens with one attached hydrogen (secondary N) is 1. The molecule has 0 atom stereocenters. The van der Waals surface area contributed by atoms with Crippen LogP contribution in [0.2, 0.25) is 0 Å². The summed E-state index contributed by atoms with van der Waals surface area (Å²) >= 11 is 0. The number of hydrogen-bond donors (Lipinski definition) is 1. The number of nitrogens with zero attached hydrogens (tertiary/aromatic N) is 1. The highest BCUT2D eigenvalue weighted by atomic mass is 15.1. The molecule has 0 rings (SSSR count). The van der Waals surface area contributed by atoms with Crippen LogP contribution in [0.5, 0.6) is 0 Å². The van der Waals surface area contributed by atoms with Gasteiger partial charge in [-0.3, -0.25) is 5.41 Å². The Morgan fingerprint density at radius 2 is 1.73 bits per heavy atom. The Morgan fingerprint density at radius 1 is 1.27 bits per heavy atom. The fourth-order valence-electron chi connectivity index (χ4n) is 1.09. The van der Waals surface area contributed by atoms with E-state index in [0.717, 1.165) is 12.4 Å². The molecule has 11 heavy (non-hydrogen) atoms. The lowest BCUT2D eigenvalue weighted by Gasteiger charge is -2.24. The molecule has 0 saturated heterocycles. The quantitative estimate of drug-likeness (QED) is 0.492. The van der Waals surface area contributed by atoms with Crippen molar-refractivity contribution in [2.45, 2.75) is 27.7 Å². The molecule has 0 saturated carbocycles. The van der Waals surface area contributed by atoms with E-state index in [2.05, 4.69) is 27.7 Å². The zero-order valence-electron chi connectivity index (χ0n) is 8.31. The van der Waals surface area contributed by atoms with Crippen molar-refractivity contribution in [3.05, 3.63) is 0 Å². The van der Waals surface area contributed by atoms with Crippen molar-refractivity contribution >= 4 is 5.84 Å². The van der Waals surface area contributed by atoms with Crippen LogP contribution >= 0.6 is 0 Å². The predicted molar refractivity (Wildman–Crippen MR) is 50.0 cm³/mol. The van der Waals surface area contributed by atoms with Gasteiger partial charge in [-0.1, -0.05) is 27.7 Å². The summed E-state index contributed by atoms with van der Waals surface area (Å²) < 4.78 is 0. The van der Waals surface area contributed by atoms with Gasteiger partial charge in [0.05, 0.1) is 5.84 Å². The van der Waals surface area contributed by atoms with E-state index in [1.54, 1.807) is 0 Å². The van der Waals surface area contributed by atoms with Crippen LogP contribution in [-0.2, 0) is 0 Å². The smallest absolute Gasteiger partial charge is 0.0981 e. The zero-order chi connectivity index (χ0) is 9.02. The van der Waals surface area contributed by atoms with E-state index in [1.165, 1.54) is 0 Å². The molecule has 0 radical (unpaired) electrons. The van der Waals surface area contributed by atoms with E-state index in [4.69, 9.17) is 5.41 Å². The molecule has 0 unspecified atom stereocenters. The topological polar surface area (TPSA) is 27.1 Å². The minimum atomic E-state index is 0.346. The minimum Gasteiger partial charge on any atom is -0.363 e. The summed E-state index contributed by atoms with van der Waals surface area (Å²) in [6, 6.07) is 0. The van der Waals surface area contributed by atoms with Crippen LogP contribution in [-0.4, -0.2) is 24.3 Å². The Balaban J connectivity index is 3.83. The molecule has 66 valence electrons. The van der Waals surface area contributed by atoms with Crippen molar-refractivity contribution in [3.63, 3.8) is 0 Å². The van der Waals surface area contributed by atoms with E-state index in [-0.39, 0.29) is 0 Å². The molecule has 0 aliphatic heterocycles. The van der Waals surface area contributed by atoms with Gasteiger partial charge in [0.25, 0.3) is 0 Å². The zero-order valence-corrected chi connectivity index (χ0v) is 8.31. The molecule has 2 nitrogen and oxygen atoms in total. The lowest BCUT2D eigenvalue weighted by atomic mass is 10.1. The van der Waals surface area contributed by atoms with E-state index >= 15 is 0 Å². The van der Waals surface area contributed by atoms with Gasteiger partial charge in [0.2, 0.25) is 0 Å². The highest BCUT2D eigenvalue weighted by Gasteiger charge is 2.08. The molecule has 0 fully saturated rings. The van der Waals surface area contributed by atoms with Gasteiger partial charge in [0, 0.05) is 19.5 Å². The van der Waals surface area contributed by atoms with Crippen LogP contribution in [0.3, 0.4) is 0 Å². The van der Waals surface area contributed by atoms with E-state index < -0.39 is 0 Å². The number of hydrogen-bond acceptors (Lipinski definition) is 1. The van der Waals surface area contributed by atoms with Gasteiger partial charge in [-0.15, -0.1) is 0 Å². The minimum absolute atomic E-state index is 0.346. The van der Waals surface area contributed by atoms with Gasteiger partial charge in [0.1, 0.15) is 0 Å². The van der Waals surface area contributed by atoms with Crippen LogP contribution < -0.4 is 0 Å². The molecule has 0 aliphatic carbocycles. The summed E-state index contributed by atoms with van der Waals surface area (Å²) in [4.78, 5) is 2.02. The Kier molecular flexibility index (Phi) is 4.16. The molecule has 0 aromatic heterocycles. The Morgan fingerprint density at radius 3 is 2.00 bits per heavy atom. The predicted octanol–water partition coefficient (Wildman–Crippen LogP) is 2.21. The lowest BCUT2D eigenvalue weighted by molar-refractivity contribution is 0.406. The summed E-state index contributed by atoms with van der Waals surface area (Å²) in [5, 5.41) is 7.67. The fourth-order valence-corrected chi connectivity index (χ4v) is 1.09. The third-order valence-corrected chi connectivity index (χ3v) is 1.60. The Hall–Kier alpha value is -0.530. The second-order valence-corrected chi connectivity index (χ2v) is 3.81. The van der Waals surface area contributed by atoms with Gasteiger partial charge in [-0.05, 0) is 5.92 Å². The van der Waals surface area contributed by atoms with Crippen LogP contribution in [0, 0.1) is 17.2 Å². The molecule has 0 bridgehead atoms. The van der Waals surface area contributed by atoms with Crippen LogP contribution in [0.25, 0.3) is 0 Å². The summed E-state index contributed by atoms with van der Waals surface area (Å²) in [6.45, 7) is 9.43. The molecule has 0 aromatic carbocycles. The lowest BCUT2D eigenvalue weighted by Crippen LogP contribution is -2.32. The maximum atomic E-state index is 7.67. The normalized spacial score (nSPS) is 10.8. The standard InChI is InChI=1S/C9H20N2/c1-7(2)6-11(5)9(10)8(3)4/h7-8,10H,6H2,1-5H3. The summed E-state index contributed by atoms with van der Waals surface area (Å²) in [6.07, 6.45) is 0. The second kappa shape index (κ2) is 4.37. The largest absolute Gasteiger partial charge is 0.363 e. The first-order valence-corrected chi connectivity index (χ1v) is 4.24. The highest BCUT2D eigenvalue weighted by Crippen LogP contribution is 2.02. The first-order valence-electron chi connectivity index (χ1n) is 4.24. The van der Waals surface area contributed by atoms with Gasteiger partial charge < -0.3 is 4.90 Å². The molecule has 0 aliphatic rings. The average molecular weight is 156 g/mol. The number of rotatable bonds is 3. The van der Waals surface area contributed by atoms with Crippen LogP contribution in [0.1, 0.15) is 27.7 Å². The van der Waals surface area contributed by atoms with Gasteiger partial charge >= 0.3 is 0 Å². The highest BCUT2D eigenvalue weighted by molar-refractivity contribution is 5.80. The van der Waals surface area contributed by atoms with Crippen LogP contribution in [0.15, 0.2) is 0 Å². The molecule has 0 aromatic rings. The molecular weight excluding hydrogens is 136 g/mol. The average Bonchev–Trinajstić information content (AvgIpc) is 1.84. The van der Waals surface area contributed by atoms with Crippen LogP contribution in [0.4, 0.5) is 0 Å². The van der Waals surface area contributed by atoms with E-state index in [1.807, 2.05) is 11.9 Å². The maximum Gasteiger partial charge on any atom is 0.0981 e. The summed E-state index contributed by atoms with van der Waals surface area (Å²) in [5.74, 6) is 1.72. The van der Waals surface area contributed by atoms with Crippen molar-refractivity contribution in [1.29, 1.82) is 5.41 Å². The van der Waals surface area contributed by atoms with Crippen molar-refractivity contribution in [1.82, 2.24) is 4.90 Å². The molecule has 0 heterocycles. The molecule has 2 heteroatoms. The first kappa shape index (κ1) is 10.5. The van der Waals surface area contributed by atoms with Crippen molar-refractivity contribution in [2.75, 3.05) is 13.6 Å². The van der Waals surface area contributed by atoms with E-state index in [9.17, 15) is 0 Å². The first-order chi connectivity index (χ1) is 4.95. The van der Waals surface area contributed by atoms with Gasteiger partial charge in [0.15, 0.2) is 0 Å². The molecule has 0 amide bonds. The molecule has 0 spiro atoms. The summed E-state index contributed by atoms with van der Waals surface area (Å²) in [7, 11) is 1.99. The number of amidine groups is 1. The Bertz CT molecular complexity index is 128. The monoisotopic (exact) mass is 156 g/mol. The van der Waals surface area contributed by atoms with Crippen molar-refractivity contribution in [3.8, 4) is 0 Å².